The van der Waals surface area contributed by atoms with Crippen molar-refractivity contribution in [1.29, 1.82) is 0 Å². The van der Waals surface area contributed by atoms with Crippen LogP contribution in [0.3, 0.4) is 0 Å². The highest BCUT2D eigenvalue weighted by molar-refractivity contribution is 6.46. The molecule has 162 valence electrons. The number of carbonyl (C=O) groups is 2. The predicted molar refractivity (Wildman–Crippen MR) is 116 cm³/mol. The van der Waals surface area contributed by atoms with E-state index in [4.69, 9.17) is 9.47 Å². The highest BCUT2D eigenvalue weighted by atomic mass is 16.5. The number of amides is 1. The van der Waals surface area contributed by atoms with Crippen molar-refractivity contribution in [2.24, 2.45) is 0 Å². The van der Waals surface area contributed by atoms with Crippen LogP contribution in [0.25, 0.3) is 5.76 Å². The summed E-state index contributed by atoms with van der Waals surface area (Å²) < 4.78 is 10.6. The largest absolute Gasteiger partial charge is 0.507 e. The van der Waals surface area contributed by atoms with Crippen LogP contribution in [-0.2, 0) is 16.1 Å². The fourth-order valence-corrected chi connectivity index (χ4v) is 3.75. The number of aliphatic hydroxyl groups excluding tert-OH is 1. The molecule has 1 fully saturated rings. The van der Waals surface area contributed by atoms with E-state index in [2.05, 4.69) is 9.97 Å². The zero-order valence-electron chi connectivity index (χ0n) is 17.6. The van der Waals surface area contributed by atoms with Crippen LogP contribution in [0.15, 0.2) is 72.8 Å². The highest BCUT2D eigenvalue weighted by Gasteiger charge is 2.46. The van der Waals surface area contributed by atoms with E-state index < -0.39 is 17.7 Å². The van der Waals surface area contributed by atoms with Gasteiger partial charge in [-0.1, -0.05) is 6.07 Å². The van der Waals surface area contributed by atoms with E-state index in [-0.39, 0.29) is 23.4 Å². The first kappa shape index (κ1) is 21.0. The Morgan fingerprint density at radius 3 is 2.47 bits per heavy atom. The number of pyridine rings is 2. The Kier molecular flexibility index (Phi) is 5.85. The molecule has 1 aliphatic rings. The molecule has 4 rings (SSSR count). The fraction of sp³-hybridized carbons (Fsp3) is 0.167. The Morgan fingerprint density at radius 1 is 1.03 bits per heavy atom. The molecule has 3 heterocycles. The van der Waals surface area contributed by atoms with Crippen molar-refractivity contribution in [3.8, 4) is 11.5 Å². The molecule has 0 aliphatic carbocycles. The lowest BCUT2D eigenvalue weighted by Crippen LogP contribution is -2.29. The second-order valence-corrected chi connectivity index (χ2v) is 7.14. The van der Waals surface area contributed by atoms with E-state index in [9.17, 15) is 14.7 Å². The Morgan fingerprint density at radius 2 is 1.81 bits per heavy atom. The molecule has 3 aromatic rings. The Labute approximate surface area is 184 Å². The van der Waals surface area contributed by atoms with Crippen molar-refractivity contribution in [1.82, 2.24) is 14.9 Å². The molecule has 2 aromatic heterocycles. The molecule has 0 radical (unpaired) electrons. The number of methoxy groups -OCH3 is 2. The van der Waals surface area contributed by atoms with Crippen LogP contribution in [0.2, 0.25) is 0 Å². The first-order chi connectivity index (χ1) is 15.5. The quantitative estimate of drug-likeness (QED) is 0.363. The molecule has 8 nitrogen and oxygen atoms in total. The molecule has 1 unspecified atom stereocenters. The lowest BCUT2D eigenvalue weighted by Gasteiger charge is -2.25. The molecule has 1 amide bonds. The van der Waals surface area contributed by atoms with Crippen molar-refractivity contribution in [2.45, 2.75) is 12.6 Å². The van der Waals surface area contributed by atoms with Gasteiger partial charge in [-0.2, -0.15) is 0 Å². The maximum atomic E-state index is 13.1. The monoisotopic (exact) mass is 431 g/mol. The summed E-state index contributed by atoms with van der Waals surface area (Å²) in [5.74, 6) is -0.964. The van der Waals surface area contributed by atoms with Crippen LogP contribution in [0.5, 0.6) is 11.5 Å². The number of aromatic nitrogens is 2. The van der Waals surface area contributed by atoms with Gasteiger partial charge in [0.05, 0.1) is 31.4 Å². The van der Waals surface area contributed by atoms with Gasteiger partial charge in [0.25, 0.3) is 11.7 Å². The number of carbonyl (C=O) groups excluding carboxylic acids is 2. The van der Waals surface area contributed by atoms with Gasteiger partial charge in [-0.05, 0) is 41.5 Å². The minimum Gasteiger partial charge on any atom is -0.507 e. The third kappa shape index (κ3) is 3.78. The summed E-state index contributed by atoms with van der Waals surface area (Å²) >= 11 is 0. The topological polar surface area (TPSA) is 102 Å². The second-order valence-electron chi connectivity index (χ2n) is 7.14. The zero-order chi connectivity index (χ0) is 22.7. The number of hydrogen-bond acceptors (Lipinski definition) is 7. The number of rotatable bonds is 6. The standard InChI is InChI=1S/C24H21N3O5/c1-31-17-5-6-18(19(12-17)32-2)22(28)20-21(16-4-3-9-26-13-16)27(24(30)23(20)29)14-15-7-10-25-11-8-15/h3-13,21,28H,14H2,1-2H3/b22-20-. The molecule has 0 saturated carbocycles. The SMILES string of the molecule is COc1ccc(/C(O)=C2/C(=O)C(=O)N(Cc3ccncc3)C2c2cccnc2)c(OC)c1. The number of nitrogens with zero attached hydrogens (tertiary/aromatic N) is 3. The summed E-state index contributed by atoms with van der Waals surface area (Å²) in [6, 6.07) is 11.0. The van der Waals surface area contributed by atoms with Gasteiger partial charge >= 0.3 is 0 Å². The molecular weight excluding hydrogens is 410 g/mol. The third-order valence-corrected chi connectivity index (χ3v) is 5.31. The molecule has 1 aromatic carbocycles. The van der Waals surface area contributed by atoms with Crippen molar-refractivity contribution >= 4 is 17.4 Å². The minimum atomic E-state index is -0.816. The average Bonchev–Trinajstić information content (AvgIpc) is 3.09. The van der Waals surface area contributed by atoms with Gasteiger partial charge in [0, 0.05) is 37.4 Å². The van der Waals surface area contributed by atoms with Crippen molar-refractivity contribution < 1.29 is 24.2 Å². The van der Waals surface area contributed by atoms with Gasteiger partial charge in [0.1, 0.15) is 17.3 Å². The van der Waals surface area contributed by atoms with Gasteiger partial charge in [0.2, 0.25) is 0 Å². The summed E-state index contributed by atoms with van der Waals surface area (Å²) in [7, 11) is 2.97. The van der Waals surface area contributed by atoms with Crippen LogP contribution in [-0.4, -0.2) is 45.9 Å². The molecule has 1 atom stereocenters. The molecule has 0 bridgehead atoms. The van der Waals surface area contributed by atoms with Crippen molar-refractivity contribution in [2.75, 3.05) is 14.2 Å². The molecule has 1 aliphatic heterocycles. The number of ether oxygens (including phenoxy) is 2. The maximum Gasteiger partial charge on any atom is 0.295 e. The van der Waals surface area contributed by atoms with E-state index in [0.29, 0.717) is 17.1 Å². The van der Waals surface area contributed by atoms with Gasteiger partial charge in [0.15, 0.2) is 0 Å². The highest BCUT2D eigenvalue weighted by Crippen LogP contribution is 2.41. The van der Waals surface area contributed by atoms with Crippen LogP contribution in [0, 0.1) is 0 Å². The average molecular weight is 431 g/mol. The third-order valence-electron chi connectivity index (χ3n) is 5.31. The summed E-state index contributed by atoms with van der Waals surface area (Å²) in [6.07, 6.45) is 6.42. The number of hydrogen-bond donors (Lipinski definition) is 1. The maximum absolute atomic E-state index is 13.1. The molecule has 8 heteroatoms. The normalized spacial score (nSPS) is 17.4. The van der Waals surface area contributed by atoms with E-state index in [1.807, 2.05) is 0 Å². The van der Waals surface area contributed by atoms with Crippen LogP contribution in [0.1, 0.15) is 22.7 Å². The number of ketones is 1. The first-order valence-electron chi connectivity index (χ1n) is 9.84. The predicted octanol–water partition coefficient (Wildman–Crippen LogP) is 3.12. The summed E-state index contributed by atoms with van der Waals surface area (Å²) in [5, 5.41) is 11.2. The fourth-order valence-electron chi connectivity index (χ4n) is 3.75. The second kappa shape index (κ2) is 8.89. The van der Waals surface area contributed by atoms with Gasteiger partial charge in [-0.25, -0.2) is 0 Å². The number of Topliss-reactive ketones (excluding diaryl/α,β-unsaturated/α-hetero) is 1. The van der Waals surface area contributed by atoms with Gasteiger partial charge in [-0.15, -0.1) is 0 Å². The van der Waals surface area contributed by atoms with Crippen LogP contribution < -0.4 is 9.47 Å². The molecule has 32 heavy (non-hydrogen) atoms. The molecular formula is C24H21N3O5. The summed E-state index contributed by atoms with van der Waals surface area (Å²) in [6.45, 7) is 0.170. The minimum absolute atomic E-state index is 0.0273. The number of likely N-dealkylation sites (tertiary alicyclic amines) is 1. The van der Waals surface area contributed by atoms with Gasteiger partial charge in [-0.3, -0.25) is 19.6 Å². The molecule has 1 N–H and O–H groups in total. The first-order valence-corrected chi connectivity index (χ1v) is 9.84. The van der Waals surface area contributed by atoms with Crippen molar-refractivity contribution in [3.05, 3.63) is 89.5 Å². The Hall–Kier alpha value is -4.20. The van der Waals surface area contributed by atoms with E-state index in [1.165, 1.54) is 19.1 Å². The van der Waals surface area contributed by atoms with E-state index in [0.717, 1.165) is 5.56 Å². The number of benzene rings is 1. The van der Waals surface area contributed by atoms with Crippen LogP contribution in [0.4, 0.5) is 0 Å². The van der Waals surface area contributed by atoms with Crippen molar-refractivity contribution in [3.63, 3.8) is 0 Å². The molecule has 0 spiro atoms. The Balaban J connectivity index is 1.88. The van der Waals surface area contributed by atoms with E-state index >= 15 is 0 Å². The lowest BCUT2D eigenvalue weighted by atomic mass is 9.96. The smallest absolute Gasteiger partial charge is 0.295 e. The van der Waals surface area contributed by atoms with Gasteiger partial charge < -0.3 is 19.5 Å². The summed E-state index contributed by atoms with van der Waals surface area (Å²) in [4.78, 5) is 35.7. The number of aliphatic hydroxyl groups is 1. The lowest BCUT2D eigenvalue weighted by molar-refractivity contribution is -0.140. The van der Waals surface area contributed by atoms with Crippen LogP contribution >= 0.6 is 0 Å². The van der Waals surface area contributed by atoms with E-state index in [1.54, 1.807) is 67.3 Å². The Bertz CT molecular complexity index is 1180. The molecule has 1 saturated heterocycles. The summed E-state index contributed by atoms with van der Waals surface area (Å²) in [5.41, 5.74) is 1.66. The zero-order valence-corrected chi connectivity index (χ0v) is 17.6.